The summed E-state index contributed by atoms with van der Waals surface area (Å²) < 4.78 is 1.25. The first-order chi connectivity index (χ1) is 5.79. The van der Waals surface area contributed by atoms with E-state index in [4.69, 9.17) is 0 Å². The van der Waals surface area contributed by atoms with Crippen LogP contribution in [0.5, 0.6) is 0 Å². The zero-order chi connectivity index (χ0) is 8.55. The molecule has 0 atom stereocenters. The molecular weight excluding hydrogens is 166 g/mol. The zero-order valence-electron chi connectivity index (χ0n) is 7.00. The highest BCUT2D eigenvalue weighted by Crippen LogP contribution is 2.22. The minimum Gasteiger partial charge on any atom is -0.241 e. The van der Waals surface area contributed by atoms with Crippen LogP contribution in [0.3, 0.4) is 0 Å². The molecule has 2 rings (SSSR count). The summed E-state index contributed by atoms with van der Waals surface area (Å²) in [6, 6.07) is 6.39. The molecule has 1 heterocycles. The SMILES string of the molecule is [CH2]c1nc2ccc(CC)cc2s1. The molecule has 12 heavy (non-hydrogen) atoms. The van der Waals surface area contributed by atoms with Crippen molar-refractivity contribution in [3.8, 4) is 0 Å². The molecule has 61 valence electrons. The summed E-state index contributed by atoms with van der Waals surface area (Å²) in [5.74, 6) is 0. The first-order valence-electron chi connectivity index (χ1n) is 4.01. The van der Waals surface area contributed by atoms with E-state index in [2.05, 4.69) is 37.0 Å². The van der Waals surface area contributed by atoms with E-state index >= 15 is 0 Å². The van der Waals surface area contributed by atoms with Crippen molar-refractivity contribution >= 4 is 21.6 Å². The standard InChI is InChI=1S/C10H10NS/c1-3-8-4-5-9-10(6-8)12-7(2)11-9/h4-6H,2-3H2,1H3. The normalized spacial score (nSPS) is 10.8. The molecular formula is C10H10NS. The molecule has 1 nitrogen and oxygen atoms in total. The van der Waals surface area contributed by atoms with Gasteiger partial charge in [-0.05, 0) is 24.1 Å². The summed E-state index contributed by atoms with van der Waals surface area (Å²) in [7, 11) is 0. The minimum absolute atomic E-state index is 0.901. The molecule has 0 spiro atoms. The number of benzene rings is 1. The van der Waals surface area contributed by atoms with E-state index in [0.717, 1.165) is 16.9 Å². The molecule has 0 unspecified atom stereocenters. The van der Waals surface area contributed by atoms with Crippen molar-refractivity contribution in [1.29, 1.82) is 0 Å². The van der Waals surface area contributed by atoms with Gasteiger partial charge in [-0.25, -0.2) is 4.98 Å². The van der Waals surface area contributed by atoms with Gasteiger partial charge in [-0.15, -0.1) is 11.3 Å². The topological polar surface area (TPSA) is 12.9 Å². The van der Waals surface area contributed by atoms with Gasteiger partial charge in [0.25, 0.3) is 0 Å². The summed E-state index contributed by atoms with van der Waals surface area (Å²) in [5, 5.41) is 0.901. The van der Waals surface area contributed by atoms with Gasteiger partial charge in [0.05, 0.1) is 15.2 Å². The average Bonchev–Trinajstić information content (AvgIpc) is 2.43. The summed E-state index contributed by atoms with van der Waals surface area (Å²) in [5.41, 5.74) is 2.44. The van der Waals surface area contributed by atoms with Crippen LogP contribution in [0.25, 0.3) is 10.2 Å². The lowest BCUT2D eigenvalue weighted by Gasteiger charge is -1.93. The molecule has 0 saturated heterocycles. The molecule has 0 aliphatic carbocycles. The van der Waals surface area contributed by atoms with Gasteiger partial charge in [0.15, 0.2) is 0 Å². The van der Waals surface area contributed by atoms with Gasteiger partial charge in [-0.2, -0.15) is 0 Å². The Hall–Kier alpha value is -0.890. The highest BCUT2D eigenvalue weighted by molar-refractivity contribution is 7.18. The fourth-order valence-electron chi connectivity index (χ4n) is 1.24. The summed E-state index contributed by atoms with van der Waals surface area (Å²) in [6.45, 7) is 5.98. The lowest BCUT2D eigenvalue weighted by molar-refractivity contribution is 1.15. The molecule has 0 bridgehead atoms. The molecule has 0 aliphatic rings. The van der Waals surface area contributed by atoms with E-state index < -0.39 is 0 Å². The molecule has 1 aromatic carbocycles. The first kappa shape index (κ1) is 7.74. The van der Waals surface area contributed by atoms with Gasteiger partial charge in [0.1, 0.15) is 0 Å². The quantitative estimate of drug-likeness (QED) is 0.650. The van der Waals surface area contributed by atoms with Crippen LogP contribution in [-0.4, -0.2) is 4.98 Å². The van der Waals surface area contributed by atoms with Crippen molar-refractivity contribution < 1.29 is 0 Å². The number of aryl methyl sites for hydroxylation is 1. The second-order valence-electron chi connectivity index (χ2n) is 2.76. The van der Waals surface area contributed by atoms with Gasteiger partial charge >= 0.3 is 0 Å². The van der Waals surface area contributed by atoms with Crippen molar-refractivity contribution in [2.75, 3.05) is 0 Å². The number of thiazole rings is 1. The van der Waals surface area contributed by atoms with Crippen LogP contribution in [0.1, 0.15) is 17.5 Å². The average molecular weight is 176 g/mol. The summed E-state index contributed by atoms with van der Waals surface area (Å²) >= 11 is 1.66. The zero-order valence-corrected chi connectivity index (χ0v) is 7.82. The van der Waals surface area contributed by atoms with E-state index in [9.17, 15) is 0 Å². The molecule has 0 fully saturated rings. The third kappa shape index (κ3) is 1.23. The molecule has 1 radical (unpaired) electrons. The summed E-state index contributed by atoms with van der Waals surface area (Å²) in [4.78, 5) is 4.30. The maximum absolute atomic E-state index is 4.30. The van der Waals surface area contributed by atoms with Crippen molar-refractivity contribution in [3.05, 3.63) is 35.7 Å². The van der Waals surface area contributed by atoms with Gasteiger partial charge in [0, 0.05) is 6.92 Å². The van der Waals surface area contributed by atoms with E-state index in [0.29, 0.717) is 0 Å². The third-order valence-corrected chi connectivity index (χ3v) is 2.78. The van der Waals surface area contributed by atoms with Crippen molar-refractivity contribution in [3.63, 3.8) is 0 Å². The molecule has 0 aliphatic heterocycles. The Kier molecular flexibility index (Phi) is 1.85. The smallest absolute Gasteiger partial charge is 0.0942 e. The maximum Gasteiger partial charge on any atom is 0.0942 e. The Bertz CT molecular complexity index is 403. The van der Waals surface area contributed by atoms with Crippen LogP contribution in [-0.2, 0) is 6.42 Å². The lowest BCUT2D eigenvalue weighted by atomic mass is 10.2. The molecule has 0 amide bonds. The Labute approximate surface area is 76.1 Å². The monoisotopic (exact) mass is 176 g/mol. The number of aromatic nitrogens is 1. The molecule has 2 heteroatoms. The molecule has 0 saturated carbocycles. The predicted molar refractivity (Wildman–Crippen MR) is 53.5 cm³/mol. The molecule has 0 N–H and O–H groups in total. The van der Waals surface area contributed by atoms with Crippen LogP contribution in [0, 0.1) is 6.92 Å². The van der Waals surface area contributed by atoms with E-state index in [1.54, 1.807) is 11.3 Å². The van der Waals surface area contributed by atoms with E-state index in [1.165, 1.54) is 10.3 Å². The predicted octanol–water partition coefficient (Wildman–Crippen LogP) is 3.04. The Morgan fingerprint density at radius 3 is 3.08 bits per heavy atom. The van der Waals surface area contributed by atoms with Crippen molar-refractivity contribution in [2.24, 2.45) is 0 Å². The molecule has 2 aromatic rings. The van der Waals surface area contributed by atoms with E-state index in [-0.39, 0.29) is 0 Å². The van der Waals surface area contributed by atoms with E-state index in [1.807, 2.05) is 0 Å². The highest BCUT2D eigenvalue weighted by Gasteiger charge is 1.99. The van der Waals surface area contributed by atoms with Crippen molar-refractivity contribution in [1.82, 2.24) is 4.98 Å². The third-order valence-electron chi connectivity index (χ3n) is 1.91. The minimum atomic E-state index is 0.901. The number of rotatable bonds is 1. The van der Waals surface area contributed by atoms with Gasteiger partial charge in [0.2, 0.25) is 0 Å². The van der Waals surface area contributed by atoms with Crippen LogP contribution in [0.4, 0.5) is 0 Å². The second kappa shape index (κ2) is 2.87. The summed E-state index contributed by atoms with van der Waals surface area (Å²) in [6.07, 6.45) is 1.08. The van der Waals surface area contributed by atoms with Gasteiger partial charge in [-0.1, -0.05) is 13.0 Å². The van der Waals surface area contributed by atoms with Gasteiger partial charge in [-0.3, -0.25) is 0 Å². The fraction of sp³-hybridized carbons (Fsp3) is 0.200. The maximum atomic E-state index is 4.30. The Morgan fingerprint density at radius 1 is 1.50 bits per heavy atom. The number of fused-ring (bicyclic) bond motifs is 1. The highest BCUT2D eigenvalue weighted by atomic mass is 32.1. The van der Waals surface area contributed by atoms with Crippen molar-refractivity contribution in [2.45, 2.75) is 13.3 Å². The second-order valence-corrected chi connectivity index (χ2v) is 3.88. The number of hydrogen-bond donors (Lipinski definition) is 0. The number of hydrogen-bond acceptors (Lipinski definition) is 2. The van der Waals surface area contributed by atoms with Crippen LogP contribution >= 0.6 is 11.3 Å². The van der Waals surface area contributed by atoms with Crippen LogP contribution in [0.15, 0.2) is 18.2 Å². The Balaban J connectivity index is 2.66. The lowest BCUT2D eigenvalue weighted by Crippen LogP contribution is -1.77. The van der Waals surface area contributed by atoms with Crippen LogP contribution in [0.2, 0.25) is 0 Å². The Morgan fingerprint density at radius 2 is 2.33 bits per heavy atom. The van der Waals surface area contributed by atoms with Crippen LogP contribution < -0.4 is 0 Å². The number of nitrogens with zero attached hydrogens (tertiary/aromatic N) is 1. The van der Waals surface area contributed by atoms with Gasteiger partial charge < -0.3 is 0 Å². The first-order valence-corrected chi connectivity index (χ1v) is 4.82. The molecule has 1 aromatic heterocycles. The fourth-order valence-corrected chi connectivity index (χ4v) is 2.06. The largest absolute Gasteiger partial charge is 0.241 e.